The van der Waals surface area contributed by atoms with E-state index in [2.05, 4.69) is 25.3 Å². The minimum Gasteiger partial charge on any atom is -0.461 e. The summed E-state index contributed by atoms with van der Waals surface area (Å²) in [6, 6.07) is 3.07. The normalized spacial score (nSPS) is 16.4. The number of halogens is 3. The van der Waals surface area contributed by atoms with Gasteiger partial charge in [0.05, 0.1) is 12.3 Å². The van der Waals surface area contributed by atoms with E-state index in [0.29, 0.717) is 18.7 Å². The number of hydrogen-bond donors (Lipinski definition) is 1. The molecular formula is C21H27F3N6O4S2. The van der Waals surface area contributed by atoms with E-state index in [1.54, 1.807) is 11.6 Å². The van der Waals surface area contributed by atoms with Gasteiger partial charge in [-0.1, -0.05) is 32.1 Å². The van der Waals surface area contributed by atoms with Gasteiger partial charge >= 0.3 is 21.5 Å². The van der Waals surface area contributed by atoms with Crippen molar-refractivity contribution < 1.29 is 31.1 Å². The average Bonchev–Trinajstić information content (AvgIpc) is 3.26. The van der Waals surface area contributed by atoms with E-state index in [-0.39, 0.29) is 40.1 Å². The molecule has 0 aliphatic carbocycles. The Labute approximate surface area is 211 Å². The number of nitrogens with zero attached hydrogens (tertiary/aromatic N) is 5. The van der Waals surface area contributed by atoms with Crippen molar-refractivity contribution in [3.8, 4) is 0 Å². The number of esters is 1. The Bertz CT molecular complexity index is 1230. The smallest absolute Gasteiger partial charge is 0.461 e. The molecule has 15 heteroatoms. The number of rotatable bonds is 9. The van der Waals surface area contributed by atoms with E-state index >= 15 is 0 Å². The maximum absolute atomic E-state index is 13.2. The fourth-order valence-electron chi connectivity index (χ4n) is 3.82. The van der Waals surface area contributed by atoms with E-state index < -0.39 is 21.5 Å². The topological polar surface area (TPSA) is 126 Å². The summed E-state index contributed by atoms with van der Waals surface area (Å²) in [7, 11) is -5.71. The Hall–Kier alpha value is -2.81. The van der Waals surface area contributed by atoms with Crippen molar-refractivity contribution in [1.82, 2.24) is 10.2 Å². The van der Waals surface area contributed by atoms with Gasteiger partial charge in [0.1, 0.15) is 5.69 Å². The molecule has 1 atom stereocenters. The second-order valence-corrected chi connectivity index (χ2v) is 11.1. The summed E-state index contributed by atoms with van der Waals surface area (Å²) in [5, 5.41) is 15.1. The van der Waals surface area contributed by atoms with Crippen molar-refractivity contribution in [2.24, 2.45) is 16.1 Å². The van der Waals surface area contributed by atoms with Crippen LogP contribution in [0.1, 0.15) is 55.9 Å². The third kappa shape index (κ3) is 6.30. The van der Waals surface area contributed by atoms with Gasteiger partial charge < -0.3 is 9.64 Å². The number of benzene rings is 1. The van der Waals surface area contributed by atoms with Crippen molar-refractivity contribution in [3.05, 3.63) is 22.7 Å². The number of fused-ring (bicyclic) bond motifs is 1. The molecule has 0 spiro atoms. The fraction of sp³-hybridized carbons (Fsp3) is 0.571. The van der Waals surface area contributed by atoms with Gasteiger partial charge in [-0.2, -0.15) is 21.6 Å². The van der Waals surface area contributed by atoms with Gasteiger partial charge in [-0.3, -0.25) is 4.72 Å². The maximum Gasteiger partial charge on any atom is 0.516 e. The van der Waals surface area contributed by atoms with Crippen LogP contribution in [0.4, 0.5) is 35.4 Å². The van der Waals surface area contributed by atoms with Crippen LogP contribution in [-0.4, -0.2) is 49.3 Å². The predicted molar refractivity (Wildman–Crippen MR) is 130 cm³/mol. The van der Waals surface area contributed by atoms with Crippen LogP contribution in [-0.2, 0) is 21.2 Å². The number of ether oxygens (including phenoxy) is 1. The molecule has 1 unspecified atom stereocenters. The van der Waals surface area contributed by atoms with Crippen molar-refractivity contribution >= 4 is 49.5 Å². The first-order chi connectivity index (χ1) is 16.9. The maximum atomic E-state index is 13.2. The average molecular weight is 549 g/mol. The van der Waals surface area contributed by atoms with E-state index in [1.807, 2.05) is 20.8 Å². The number of carbonyl (C=O) groups is 1. The molecule has 1 aromatic carbocycles. The van der Waals surface area contributed by atoms with Crippen LogP contribution in [0.15, 0.2) is 22.4 Å². The highest BCUT2D eigenvalue weighted by atomic mass is 32.2. The molecule has 1 aliphatic heterocycles. The van der Waals surface area contributed by atoms with E-state index in [4.69, 9.17) is 4.74 Å². The number of azo groups is 1. The monoisotopic (exact) mass is 548 g/mol. The molecule has 0 fully saturated rings. The second kappa shape index (κ2) is 11.1. The molecular weight excluding hydrogens is 521 g/mol. The SMILES string of the molecule is CCOC(=O)c1nnc(N=Nc2cc3c(cc2NS(=O)(=O)C(F)(F)F)N(CC(C)C)C(CC)CC3)s1. The summed E-state index contributed by atoms with van der Waals surface area (Å²) in [5.74, 6) is -0.426. The zero-order valence-corrected chi connectivity index (χ0v) is 21.8. The molecule has 0 saturated heterocycles. The number of nitrogens with one attached hydrogen (secondary N) is 1. The highest BCUT2D eigenvalue weighted by molar-refractivity contribution is 7.93. The van der Waals surface area contributed by atoms with Crippen molar-refractivity contribution in [1.29, 1.82) is 0 Å². The molecule has 0 saturated carbocycles. The third-order valence-corrected chi connectivity index (χ3v) is 7.27. The molecule has 0 bridgehead atoms. The van der Waals surface area contributed by atoms with E-state index in [0.717, 1.165) is 29.7 Å². The number of alkyl halides is 3. The molecule has 1 aliphatic rings. The quantitative estimate of drug-likeness (QED) is 0.320. The predicted octanol–water partition coefficient (Wildman–Crippen LogP) is 5.58. The van der Waals surface area contributed by atoms with Gasteiger partial charge in [0.2, 0.25) is 5.01 Å². The van der Waals surface area contributed by atoms with Crippen LogP contribution in [0.25, 0.3) is 0 Å². The molecule has 3 rings (SSSR count). The summed E-state index contributed by atoms with van der Waals surface area (Å²) >= 11 is 0.779. The summed E-state index contributed by atoms with van der Waals surface area (Å²) < 4.78 is 69.9. The summed E-state index contributed by atoms with van der Waals surface area (Å²) in [4.78, 5) is 13.9. The lowest BCUT2D eigenvalue weighted by Crippen LogP contribution is -2.41. The van der Waals surface area contributed by atoms with Crippen LogP contribution in [0.3, 0.4) is 0 Å². The minimum absolute atomic E-state index is 0.0483. The van der Waals surface area contributed by atoms with Gasteiger partial charge in [0.25, 0.3) is 5.13 Å². The molecule has 0 amide bonds. The second-order valence-electron chi connectivity index (χ2n) is 8.51. The molecule has 1 aromatic heterocycles. The lowest BCUT2D eigenvalue weighted by molar-refractivity contribution is -0.0429. The lowest BCUT2D eigenvalue weighted by atomic mass is 9.92. The molecule has 36 heavy (non-hydrogen) atoms. The Balaban J connectivity index is 2.06. The van der Waals surface area contributed by atoms with Crippen LogP contribution >= 0.6 is 11.3 Å². The Morgan fingerprint density at radius 2 is 2.00 bits per heavy atom. The zero-order valence-electron chi connectivity index (χ0n) is 20.2. The van der Waals surface area contributed by atoms with Crippen molar-refractivity contribution in [2.45, 2.75) is 58.5 Å². The van der Waals surface area contributed by atoms with Gasteiger partial charge in [-0.25, -0.2) is 4.79 Å². The number of aryl methyl sites for hydroxylation is 1. The Morgan fingerprint density at radius 3 is 2.61 bits per heavy atom. The summed E-state index contributed by atoms with van der Waals surface area (Å²) in [6.07, 6.45) is 2.31. The van der Waals surface area contributed by atoms with E-state index in [1.165, 1.54) is 12.1 Å². The molecule has 0 radical (unpaired) electrons. The van der Waals surface area contributed by atoms with Crippen LogP contribution < -0.4 is 9.62 Å². The fourth-order valence-corrected chi connectivity index (χ4v) is 4.95. The lowest BCUT2D eigenvalue weighted by Gasteiger charge is -2.40. The van der Waals surface area contributed by atoms with Gasteiger partial charge in [-0.15, -0.1) is 20.4 Å². The molecule has 10 nitrogen and oxygen atoms in total. The standard InChI is InChI=1S/C21H27F3N6O4S2/c1-5-14-8-7-13-9-15(25-27-20-28-26-18(35-20)19(31)34-6-2)16(29-36(32,33)21(22,23)24)10-17(13)30(14)11-12(3)4/h9-10,12,14,29H,5-8,11H2,1-4H3. The highest BCUT2D eigenvalue weighted by Gasteiger charge is 2.46. The number of sulfonamides is 1. The molecule has 198 valence electrons. The third-order valence-electron chi connectivity index (χ3n) is 5.38. The molecule has 1 N–H and O–H groups in total. The highest BCUT2D eigenvalue weighted by Crippen LogP contribution is 2.41. The summed E-state index contributed by atoms with van der Waals surface area (Å²) in [6.45, 7) is 8.52. The van der Waals surface area contributed by atoms with Crippen LogP contribution in [0, 0.1) is 5.92 Å². The van der Waals surface area contributed by atoms with Gasteiger partial charge in [0.15, 0.2) is 0 Å². The first-order valence-electron chi connectivity index (χ1n) is 11.3. The first kappa shape index (κ1) is 27.8. The van der Waals surface area contributed by atoms with Gasteiger partial charge in [-0.05, 0) is 49.8 Å². The number of hydrogen-bond acceptors (Lipinski definition) is 10. The minimum atomic E-state index is -5.71. The van der Waals surface area contributed by atoms with Crippen molar-refractivity contribution in [3.63, 3.8) is 0 Å². The van der Waals surface area contributed by atoms with Gasteiger partial charge in [0, 0.05) is 18.3 Å². The number of aromatic nitrogens is 2. The number of anilines is 2. The largest absolute Gasteiger partial charge is 0.516 e. The zero-order chi connectivity index (χ0) is 26.7. The molecule has 2 heterocycles. The Morgan fingerprint density at radius 1 is 1.28 bits per heavy atom. The first-order valence-corrected chi connectivity index (χ1v) is 13.6. The van der Waals surface area contributed by atoms with Crippen LogP contribution in [0.2, 0.25) is 0 Å². The van der Waals surface area contributed by atoms with Crippen LogP contribution in [0.5, 0.6) is 0 Å². The Kier molecular flexibility index (Phi) is 8.54. The summed E-state index contributed by atoms with van der Waals surface area (Å²) in [5.41, 5.74) is -4.53. The molecule has 2 aromatic rings. The number of carbonyl (C=O) groups excluding carboxylic acids is 1. The van der Waals surface area contributed by atoms with E-state index in [9.17, 15) is 26.4 Å². The van der Waals surface area contributed by atoms with Crippen molar-refractivity contribution in [2.75, 3.05) is 22.8 Å².